The zero-order valence-corrected chi connectivity index (χ0v) is 64.7. The van der Waals surface area contributed by atoms with Crippen molar-refractivity contribution in [2.24, 2.45) is 10.5 Å². The maximum absolute atomic E-state index is 12.9. The van der Waals surface area contributed by atoms with Crippen LogP contribution in [0.1, 0.15) is 128 Å². The number of rotatable bonds is 97. The number of carboxylic acid groups (broad SMARTS) is 2. The molecule has 106 heavy (non-hydrogen) atoms. The SMILES string of the molecule is [N-]=[N+]=NCCOCCOCCOCCOCCOCCOCCOCCOCCOCCOCCOCCOCCOCCOCCOCCOCCOCCOCCOCCOCCOCCOCCOCCNC(O)C(CCCCCCCCCCCO)(CCCCCCCCCCC(=O)O)C(=O)O. The van der Waals surface area contributed by atoms with Gasteiger partial charge >= 0.3 is 11.9 Å². The first-order valence-corrected chi connectivity index (χ1v) is 39.2. The van der Waals surface area contributed by atoms with Crippen LogP contribution in [0.2, 0.25) is 0 Å². The molecule has 0 heterocycles. The topological polar surface area (TPSA) is 388 Å². The summed E-state index contributed by atoms with van der Waals surface area (Å²) in [6.45, 7) is 21.8. The monoisotopic (exact) mass is 1540 g/mol. The lowest BCUT2D eigenvalue weighted by Crippen LogP contribution is -2.51. The van der Waals surface area contributed by atoms with Crippen LogP contribution >= 0.6 is 0 Å². The second kappa shape index (κ2) is 91.1. The third-order valence-corrected chi connectivity index (χ3v) is 15.7. The van der Waals surface area contributed by atoms with E-state index in [4.69, 9.17) is 125 Å². The van der Waals surface area contributed by atoms with Crippen LogP contribution in [0.4, 0.5) is 0 Å². The highest BCUT2D eigenvalue weighted by Crippen LogP contribution is 2.35. The second-order valence-electron chi connectivity index (χ2n) is 24.2. The quantitative estimate of drug-likeness (QED) is 0.0142. The molecule has 2 atom stereocenters. The fourth-order valence-corrected chi connectivity index (χ4v) is 9.85. The van der Waals surface area contributed by atoms with Gasteiger partial charge in [-0.3, -0.25) is 14.9 Å². The summed E-state index contributed by atoms with van der Waals surface area (Å²) in [6.07, 6.45) is 16.1. The Morgan fingerprint density at radius 2 is 0.481 bits per heavy atom. The molecule has 0 aliphatic rings. The molecule has 630 valence electrons. The van der Waals surface area contributed by atoms with Crippen LogP contribution in [-0.4, -0.2) is 362 Å². The first-order valence-electron chi connectivity index (χ1n) is 39.2. The predicted octanol–water partition coefficient (Wildman–Crippen LogP) is 6.54. The molecule has 0 radical (unpaired) electrons. The minimum absolute atomic E-state index is 0.210. The number of aliphatic hydroxyl groups is 2. The van der Waals surface area contributed by atoms with Crippen molar-refractivity contribution in [3.63, 3.8) is 0 Å². The minimum Gasteiger partial charge on any atom is -0.481 e. The summed E-state index contributed by atoms with van der Waals surface area (Å²) >= 11 is 0. The van der Waals surface area contributed by atoms with Gasteiger partial charge < -0.3 is 129 Å². The Morgan fingerprint density at radius 3 is 0.679 bits per heavy atom. The van der Waals surface area contributed by atoms with Gasteiger partial charge in [0.2, 0.25) is 0 Å². The Labute approximate surface area is 633 Å². The highest BCUT2D eigenvalue weighted by Gasteiger charge is 2.44. The predicted molar refractivity (Wildman–Crippen MR) is 394 cm³/mol. The fraction of sp³-hybridized carbons (Fsp3) is 0.973. The highest BCUT2D eigenvalue weighted by molar-refractivity contribution is 5.75. The second-order valence-corrected chi connectivity index (χ2v) is 24.2. The van der Waals surface area contributed by atoms with Crippen LogP contribution in [-0.2, 0) is 119 Å². The van der Waals surface area contributed by atoms with Gasteiger partial charge in [0.1, 0.15) is 11.6 Å². The molecule has 0 aromatic heterocycles. The molecule has 5 N–H and O–H groups in total. The number of hydrogen-bond acceptors (Lipinski definition) is 29. The molecule has 0 aromatic rings. The lowest BCUT2D eigenvalue weighted by Gasteiger charge is -2.35. The summed E-state index contributed by atoms with van der Waals surface area (Å²) in [6, 6.07) is 0. The van der Waals surface area contributed by atoms with E-state index in [0.717, 1.165) is 96.3 Å². The van der Waals surface area contributed by atoms with Crippen LogP contribution < -0.4 is 5.32 Å². The molecule has 0 spiro atoms. The molecule has 0 saturated heterocycles. The van der Waals surface area contributed by atoms with E-state index < -0.39 is 23.6 Å². The van der Waals surface area contributed by atoms with Gasteiger partial charge in [0, 0.05) is 31.0 Å². The van der Waals surface area contributed by atoms with Gasteiger partial charge in [-0.15, -0.1) is 0 Å². The molecule has 0 rings (SSSR count). The molecule has 0 fully saturated rings. The smallest absolute Gasteiger partial charge is 0.313 e. The normalized spacial score (nSPS) is 12.5. The summed E-state index contributed by atoms with van der Waals surface area (Å²) in [5.74, 6) is -1.73. The van der Waals surface area contributed by atoms with E-state index in [9.17, 15) is 19.8 Å². The molecule has 33 heteroatoms. The average molecular weight is 1540 g/mol. The molecule has 0 aliphatic carbocycles. The summed E-state index contributed by atoms with van der Waals surface area (Å²) in [4.78, 5) is 26.3. The van der Waals surface area contributed by atoms with Gasteiger partial charge in [-0.1, -0.05) is 101 Å². The average Bonchev–Trinajstić information content (AvgIpc) is 0.819. The number of aliphatic carboxylic acids is 2. The van der Waals surface area contributed by atoms with Crippen molar-refractivity contribution in [2.45, 2.75) is 135 Å². The molecule has 0 bridgehead atoms. The van der Waals surface area contributed by atoms with E-state index in [0.29, 0.717) is 343 Å². The van der Waals surface area contributed by atoms with Crippen LogP contribution in [0.15, 0.2) is 5.11 Å². The number of nitrogens with one attached hydrogen (secondary N) is 1. The van der Waals surface area contributed by atoms with E-state index in [1.807, 2.05) is 0 Å². The summed E-state index contributed by atoms with van der Waals surface area (Å²) in [5, 5.41) is 46.1. The number of azide groups is 1. The van der Waals surface area contributed by atoms with Gasteiger partial charge in [0.25, 0.3) is 0 Å². The van der Waals surface area contributed by atoms with Crippen molar-refractivity contribution >= 4 is 11.9 Å². The third-order valence-electron chi connectivity index (χ3n) is 15.7. The molecular formula is C73H144N4O29. The Kier molecular flexibility index (Phi) is 88.7. The highest BCUT2D eigenvalue weighted by atomic mass is 16.6. The fourth-order valence-electron chi connectivity index (χ4n) is 9.85. The van der Waals surface area contributed by atoms with Crippen molar-refractivity contribution < 1.29 is 139 Å². The Hall–Kier alpha value is -2.79. The van der Waals surface area contributed by atoms with Crippen LogP contribution in [0.3, 0.4) is 0 Å². The van der Waals surface area contributed by atoms with Crippen molar-refractivity contribution in [3.05, 3.63) is 10.4 Å². The zero-order valence-electron chi connectivity index (χ0n) is 64.7. The maximum atomic E-state index is 12.9. The molecule has 33 nitrogen and oxygen atoms in total. The number of hydrogen-bond donors (Lipinski definition) is 5. The van der Waals surface area contributed by atoms with Crippen LogP contribution in [0.25, 0.3) is 10.4 Å². The number of carbonyl (C=O) groups is 2. The van der Waals surface area contributed by atoms with Gasteiger partial charge in [-0.2, -0.15) is 0 Å². The number of ether oxygens (including phenoxy) is 23. The first-order chi connectivity index (χ1) is 52.4. The van der Waals surface area contributed by atoms with E-state index in [1.165, 1.54) is 0 Å². The van der Waals surface area contributed by atoms with E-state index in [-0.39, 0.29) is 13.0 Å². The largest absolute Gasteiger partial charge is 0.481 e. The van der Waals surface area contributed by atoms with Gasteiger partial charge in [0.05, 0.1) is 304 Å². The van der Waals surface area contributed by atoms with E-state index in [1.54, 1.807) is 0 Å². The maximum Gasteiger partial charge on any atom is 0.313 e. The van der Waals surface area contributed by atoms with Crippen molar-refractivity contribution in [1.82, 2.24) is 5.32 Å². The lowest BCUT2D eigenvalue weighted by atomic mass is 9.76. The zero-order chi connectivity index (χ0) is 76.4. The third kappa shape index (κ3) is 82.2. The van der Waals surface area contributed by atoms with Crippen LogP contribution in [0.5, 0.6) is 0 Å². The van der Waals surface area contributed by atoms with Crippen LogP contribution in [0, 0.1) is 5.41 Å². The standard InChI is InChI=1S/C73H144N4O29/c74-77-76-22-25-85-27-29-87-31-33-89-35-37-91-39-41-93-43-45-95-47-49-97-51-53-99-55-57-101-59-61-103-63-65-105-67-69-106-68-66-104-64-62-102-60-58-100-56-54-98-52-50-96-48-46-94-44-42-92-40-38-90-36-34-88-32-30-86-28-26-84-24-21-75-71(81)73(72(82)83,19-15-11-7-3-1-5-9-13-17-23-78)20-16-12-8-4-2-6-10-14-18-70(79)80/h71,75,78,81H,1-69H2,(H,79,80)(H,82,83). The first kappa shape index (κ1) is 103. The van der Waals surface area contributed by atoms with Crippen molar-refractivity contribution in [1.29, 1.82) is 0 Å². The lowest BCUT2D eigenvalue weighted by molar-refractivity contribution is -0.160. The number of nitrogens with zero attached hydrogens (tertiary/aromatic N) is 3. The molecular weight excluding hydrogens is 1400 g/mol. The Balaban J connectivity index is 3.44. The van der Waals surface area contributed by atoms with Crippen molar-refractivity contribution in [3.8, 4) is 0 Å². The van der Waals surface area contributed by atoms with E-state index in [2.05, 4.69) is 15.3 Å². The number of carboxylic acids is 2. The Morgan fingerprint density at radius 1 is 0.292 bits per heavy atom. The van der Waals surface area contributed by atoms with Gasteiger partial charge in [-0.25, -0.2) is 0 Å². The number of unbranched alkanes of at least 4 members (excludes halogenated alkanes) is 15. The van der Waals surface area contributed by atoms with E-state index >= 15 is 0 Å². The number of aliphatic hydroxyl groups excluding tert-OH is 2. The molecule has 0 aromatic carbocycles. The minimum atomic E-state index is -1.29. The Bertz CT molecular complexity index is 1790. The molecule has 0 saturated carbocycles. The molecule has 0 amide bonds. The van der Waals surface area contributed by atoms with Crippen molar-refractivity contribution in [2.75, 3.05) is 324 Å². The molecule has 0 aliphatic heterocycles. The molecule has 2 unspecified atom stereocenters. The van der Waals surface area contributed by atoms with Gasteiger partial charge in [-0.05, 0) is 31.2 Å². The summed E-state index contributed by atoms with van der Waals surface area (Å²) < 4.78 is 127. The summed E-state index contributed by atoms with van der Waals surface area (Å²) in [5.41, 5.74) is 6.90. The van der Waals surface area contributed by atoms with Gasteiger partial charge in [0.15, 0.2) is 0 Å². The summed E-state index contributed by atoms with van der Waals surface area (Å²) in [7, 11) is 0.